The van der Waals surface area contributed by atoms with Gasteiger partial charge in [-0.15, -0.1) is 0 Å². The van der Waals surface area contributed by atoms with Gasteiger partial charge in [0.2, 0.25) is 5.91 Å². The summed E-state index contributed by atoms with van der Waals surface area (Å²) in [6.07, 6.45) is -1.65. The van der Waals surface area contributed by atoms with E-state index in [4.69, 9.17) is 19.0 Å². The summed E-state index contributed by atoms with van der Waals surface area (Å²) in [7, 11) is 4.22. The SMILES string of the molecule is CONC(=O)[C@@H]1[C@H](O)[C@]2(O)c3c(OC)cc(O)cc3O[C@]2(c2ccc(OC)cc2)[C@H]1c1ccccc1. The van der Waals surface area contributed by atoms with Crippen molar-refractivity contribution in [3.8, 4) is 23.0 Å². The Hall–Kier alpha value is -3.79. The Morgan fingerprint density at radius 1 is 1.00 bits per heavy atom. The molecule has 2 aliphatic rings. The third-order valence-corrected chi connectivity index (χ3v) is 7.24. The maximum absolute atomic E-state index is 13.4. The molecular weight excluding hydrogens is 466 g/mol. The van der Waals surface area contributed by atoms with E-state index in [1.54, 1.807) is 36.4 Å². The molecule has 0 saturated heterocycles. The lowest BCUT2D eigenvalue weighted by atomic mass is 9.70. The molecule has 1 amide bonds. The van der Waals surface area contributed by atoms with Crippen molar-refractivity contribution in [2.45, 2.75) is 23.2 Å². The molecule has 3 aromatic carbocycles. The van der Waals surface area contributed by atoms with Gasteiger partial charge in [-0.3, -0.25) is 9.63 Å². The smallest absolute Gasteiger partial charge is 0.250 e. The van der Waals surface area contributed by atoms with Crippen LogP contribution < -0.4 is 19.7 Å². The number of ether oxygens (including phenoxy) is 3. The molecule has 0 unspecified atom stereocenters. The van der Waals surface area contributed by atoms with Gasteiger partial charge in [-0.1, -0.05) is 42.5 Å². The second-order valence-electron chi connectivity index (χ2n) is 8.88. The van der Waals surface area contributed by atoms with Crippen LogP contribution in [0.25, 0.3) is 0 Å². The molecule has 1 fully saturated rings. The van der Waals surface area contributed by atoms with Gasteiger partial charge in [-0.25, -0.2) is 5.48 Å². The van der Waals surface area contributed by atoms with E-state index in [0.29, 0.717) is 16.9 Å². The minimum atomic E-state index is -2.16. The van der Waals surface area contributed by atoms with Gasteiger partial charge >= 0.3 is 0 Å². The fourth-order valence-corrected chi connectivity index (χ4v) is 5.86. The average molecular weight is 494 g/mol. The lowest BCUT2D eigenvalue weighted by Crippen LogP contribution is -2.52. The van der Waals surface area contributed by atoms with Gasteiger partial charge in [0.15, 0.2) is 11.2 Å². The van der Waals surface area contributed by atoms with Crippen molar-refractivity contribution in [3.05, 3.63) is 83.4 Å². The number of amides is 1. The van der Waals surface area contributed by atoms with E-state index in [0.717, 1.165) is 0 Å². The molecule has 1 aliphatic carbocycles. The largest absolute Gasteiger partial charge is 0.508 e. The van der Waals surface area contributed by atoms with E-state index in [1.165, 1.54) is 33.5 Å². The number of phenols is 1. The molecule has 1 aliphatic heterocycles. The maximum atomic E-state index is 13.4. The zero-order valence-electron chi connectivity index (χ0n) is 20.0. The number of benzene rings is 3. The molecule has 1 saturated carbocycles. The Morgan fingerprint density at radius 2 is 1.69 bits per heavy atom. The first-order valence-electron chi connectivity index (χ1n) is 11.4. The van der Waals surface area contributed by atoms with Crippen LogP contribution in [0.15, 0.2) is 66.7 Å². The highest BCUT2D eigenvalue weighted by Gasteiger charge is 2.78. The first-order valence-corrected chi connectivity index (χ1v) is 11.4. The van der Waals surface area contributed by atoms with Crippen molar-refractivity contribution in [1.29, 1.82) is 0 Å². The van der Waals surface area contributed by atoms with Gasteiger partial charge in [0, 0.05) is 18.1 Å². The van der Waals surface area contributed by atoms with E-state index in [2.05, 4.69) is 5.48 Å². The molecule has 36 heavy (non-hydrogen) atoms. The number of aliphatic hydroxyl groups is 2. The first-order chi connectivity index (χ1) is 17.3. The van der Waals surface area contributed by atoms with Crippen molar-refractivity contribution in [2.24, 2.45) is 5.92 Å². The normalized spacial score (nSPS) is 28.1. The fraction of sp³-hybridized carbons (Fsp3) is 0.296. The van der Waals surface area contributed by atoms with Crippen molar-refractivity contribution in [3.63, 3.8) is 0 Å². The van der Waals surface area contributed by atoms with Crippen LogP contribution in [-0.4, -0.2) is 48.7 Å². The second kappa shape index (κ2) is 8.70. The summed E-state index contributed by atoms with van der Waals surface area (Å²) in [5, 5.41) is 34.8. The highest BCUT2D eigenvalue weighted by Crippen LogP contribution is 2.70. The lowest BCUT2D eigenvalue weighted by Gasteiger charge is -2.40. The molecular formula is C27H27NO8. The van der Waals surface area contributed by atoms with Crippen molar-refractivity contribution >= 4 is 5.91 Å². The predicted molar refractivity (Wildman–Crippen MR) is 128 cm³/mol. The topological polar surface area (TPSA) is 127 Å². The van der Waals surface area contributed by atoms with Crippen LogP contribution in [0.5, 0.6) is 23.0 Å². The minimum Gasteiger partial charge on any atom is -0.508 e. The van der Waals surface area contributed by atoms with E-state index in [-0.39, 0.29) is 22.8 Å². The highest BCUT2D eigenvalue weighted by molar-refractivity contribution is 5.82. The number of hydrogen-bond donors (Lipinski definition) is 4. The number of rotatable bonds is 6. The molecule has 0 radical (unpaired) electrons. The molecule has 188 valence electrons. The standard InChI is InChI=1S/C27H27NO8/c1-33-18-11-9-16(10-12-18)27-22(15-7-5-4-6-8-15)21(25(31)28-35-3)24(30)26(27,32)23-19(34-2)13-17(29)14-20(23)36-27/h4-14,21-22,24,29-30,32H,1-3H3,(H,28,31)/t21-,22-,24-,26+,27+/m0/s1. The molecule has 9 heteroatoms. The number of carbonyl (C=O) groups is 1. The van der Waals surface area contributed by atoms with Crippen molar-refractivity contribution in [1.82, 2.24) is 5.48 Å². The van der Waals surface area contributed by atoms with Crippen LogP contribution in [0.1, 0.15) is 22.6 Å². The Kier molecular flexibility index (Phi) is 5.78. The Bertz CT molecular complexity index is 1280. The summed E-state index contributed by atoms with van der Waals surface area (Å²) in [5.41, 5.74) is -0.263. The summed E-state index contributed by atoms with van der Waals surface area (Å²) in [4.78, 5) is 18.2. The van der Waals surface area contributed by atoms with Crippen molar-refractivity contribution < 1.29 is 39.2 Å². The van der Waals surface area contributed by atoms with Crippen LogP contribution in [-0.2, 0) is 20.8 Å². The number of fused-ring (bicyclic) bond motifs is 3. The number of aromatic hydroxyl groups is 1. The Morgan fingerprint density at radius 3 is 2.31 bits per heavy atom. The molecule has 4 N–H and O–H groups in total. The molecule has 3 aromatic rings. The zero-order valence-corrected chi connectivity index (χ0v) is 20.0. The van der Waals surface area contributed by atoms with Crippen LogP contribution in [0.2, 0.25) is 0 Å². The van der Waals surface area contributed by atoms with Gasteiger partial charge in [-0.2, -0.15) is 0 Å². The number of carbonyl (C=O) groups excluding carboxylic acids is 1. The fourth-order valence-electron chi connectivity index (χ4n) is 5.86. The van der Waals surface area contributed by atoms with Crippen molar-refractivity contribution in [2.75, 3.05) is 21.3 Å². The molecule has 1 heterocycles. The maximum Gasteiger partial charge on any atom is 0.250 e. The summed E-state index contributed by atoms with van der Waals surface area (Å²) in [6.45, 7) is 0. The highest BCUT2D eigenvalue weighted by atomic mass is 16.6. The minimum absolute atomic E-state index is 0.113. The monoisotopic (exact) mass is 493 g/mol. The predicted octanol–water partition coefficient (Wildman–Crippen LogP) is 2.34. The molecule has 0 aromatic heterocycles. The zero-order chi connectivity index (χ0) is 25.7. The number of methoxy groups -OCH3 is 2. The summed E-state index contributed by atoms with van der Waals surface area (Å²) >= 11 is 0. The van der Waals surface area contributed by atoms with Crippen LogP contribution in [0, 0.1) is 5.92 Å². The van der Waals surface area contributed by atoms with Gasteiger partial charge in [0.25, 0.3) is 0 Å². The lowest BCUT2D eigenvalue weighted by molar-refractivity contribution is -0.157. The quantitative estimate of drug-likeness (QED) is 0.386. The second-order valence-corrected chi connectivity index (χ2v) is 8.88. The average Bonchev–Trinajstić information content (AvgIpc) is 3.26. The Labute approximate surface area is 207 Å². The third kappa shape index (κ3) is 3.10. The van der Waals surface area contributed by atoms with Crippen LogP contribution in [0.4, 0.5) is 0 Å². The third-order valence-electron chi connectivity index (χ3n) is 7.24. The van der Waals surface area contributed by atoms with E-state index in [9.17, 15) is 20.1 Å². The number of hydroxylamine groups is 1. The van der Waals surface area contributed by atoms with E-state index < -0.39 is 35.0 Å². The first kappa shape index (κ1) is 23.9. The number of hydrogen-bond acceptors (Lipinski definition) is 8. The number of aliphatic hydroxyl groups excluding tert-OH is 1. The van der Waals surface area contributed by atoms with Gasteiger partial charge < -0.3 is 29.5 Å². The summed E-state index contributed by atoms with van der Waals surface area (Å²) in [5.74, 6) is -2.02. The van der Waals surface area contributed by atoms with Crippen LogP contribution >= 0.6 is 0 Å². The Balaban J connectivity index is 1.87. The summed E-state index contributed by atoms with van der Waals surface area (Å²) in [6, 6.07) is 18.6. The van der Waals surface area contributed by atoms with Crippen LogP contribution in [0.3, 0.4) is 0 Å². The van der Waals surface area contributed by atoms with Gasteiger partial charge in [0.1, 0.15) is 29.1 Å². The summed E-state index contributed by atoms with van der Waals surface area (Å²) < 4.78 is 17.4. The van der Waals surface area contributed by atoms with Gasteiger partial charge in [0.05, 0.1) is 32.8 Å². The molecule has 5 atom stereocenters. The number of nitrogens with one attached hydrogen (secondary N) is 1. The molecule has 5 rings (SSSR count). The molecule has 0 bridgehead atoms. The number of phenolic OH excluding ortho intramolecular Hbond substituents is 1. The van der Waals surface area contributed by atoms with E-state index >= 15 is 0 Å². The van der Waals surface area contributed by atoms with E-state index in [1.807, 2.05) is 18.2 Å². The van der Waals surface area contributed by atoms with Gasteiger partial charge in [-0.05, 0) is 23.3 Å². The molecule has 9 nitrogen and oxygen atoms in total. The molecule has 0 spiro atoms.